The lowest BCUT2D eigenvalue weighted by Gasteiger charge is -2.35. The summed E-state index contributed by atoms with van der Waals surface area (Å²) in [4.78, 5) is 7.12. The second-order valence-corrected chi connectivity index (χ2v) is 6.07. The van der Waals surface area contributed by atoms with Crippen LogP contribution in [0.4, 0.5) is 0 Å². The minimum atomic E-state index is 0.674. The van der Waals surface area contributed by atoms with Gasteiger partial charge in [-0.3, -0.25) is 0 Å². The molecule has 0 aliphatic carbocycles. The molecule has 1 aromatic rings. The molecule has 17 heavy (non-hydrogen) atoms. The Hall–Kier alpha value is -0.410. The average molecular weight is 297 g/mol. The summed E-state index contributed by atoms with van der Waals surface area (Å²) in [6.45, 7) is 7.07. The highest BCUT2D eigenvalue weighted by atomic mass is 79.9. The van der Waals surface area contributed by atoms with E-state index in [-0.39, 0.29) is 0 Å². The quantitative estimate of drug-likeness (QED) is 0.794. The first-order valence-corrected chi connectivity index (χ1v) is 7.30. The Morgan fingerprint density at radius 1 is 1.47 bits per heavy atom. The Kier molecular flexibility index (Phi) is 4.57. The van der Waals surface area contributed by atoms with E-state index >= 15 is 0 Å². The summed E-state index contributed by atoms with van der Waals surface area (Å²) in [6.07, 6.45) is 3.79. The van der Waals surface area contributed by atoms with E-state index in [1.807, 2.05) is 6.07 Å². The lowest BCUT2D eigenvalue weighted by molar-refractivity contribution is 0.139. The summed E-state index contributed by atoms with van der Waals surface area (Å²) in [7, 11) is 0. The second-order valence-electron chi connectivity index (χ2n) is 5.25. The van der Waals surface area contributed by atoms with Crippen molar-refractivity contribution in [1.29, 1.82) is 0 Å². The van der Waals surface area contributed by atoms with Gasteiger partial charge in [0, 0.05) is 18.3 Å². The van der Waals surface area contributed by atoms with Gasteiger partial charge in [0.15, 0.2) is 0 Å². The van der Waals surface area contributed by atoms with Gasteiger partial charge in [-0.15, -0.1) is 0 Å². The van der Waals surface area contributed by atoms with Crippen LogP contribution in [0.25, 0.3) is 0 Å². The number of piperidine rings is 1. The van der Waals surface area contributed by atoms with Crippen LogP contribution in [0.3, 0.4) is 0 Å². The van der Waals surface area contributed by atoms with Crippen molar-refractivity contribution in [3.8, 4) is 0 Å². The third kappa shape index (κ3) is 3.78. The van der Waals surface area contributed by atoms with Crippen LogP contribution in [-0.2, 0) is 6.42 Å². The fraction of sp³-hybridized carbons (Fsp3) is 0.643. The van der Waals surface area contributed by atoms with E-state index in [0.717, 1.165) is 16.9 Å². The fourth-order valence-electron chi connectivity index (χ4n) is 2.59. The van der Waals surface area contributed by atoms with Crippen molar-refractivity contribution in [2.75, 3.05) is 13.1 Å². The summed E-state index contributed by atoms with van der Waals surface area (Å²) in [5.41, 5.74) is 1.22. The van der Waals surface area contributed by atoms with Crippen LogP contribution in [0.15, 0.2) is 22.8 Å². The van der Waals surface area contributed by atoms with Gasteiger partial charge >= 0.3 is 0 Å². The lowest BCUT2D eigenvalue weighted by atomic mass is 9.92. The van der Waals surface area contributed by atoms with Gasteiger partial charge in [-0.25, -0.2) is 4.98 Å². The molecule has 1 aliphatic heterocycles. The van der Waals surface area contributed by atoms with Crippen molar-refractivity contribution in [3.05, 3.63) is 28.5 Å². The van der Waals surface area contributed by atoms with Crippen molar-refractivity contribution < 1.29 is 0 Å². The highest BCUT2D eigenvalue weighted by Crippen LogP contribution is 2.22. The van der Waals surface area contributed by atoms with Crippen LogP contribution in [0.2, 0.25) is 0 Å². The molecule has 3 heteroatoms. The average Bonchev–Trinajstić information content (AvgIpc) is 2.29. The molecule has 0 N–H and O–H groups in total. The highest BCUT2D eigenvalue weighted by molar-refractivity contribution is 9.10. The predicted octanol–water partition coefficient (Wildman–Crippen LogP) is 3.51. The monoisotopic (exact) mass is 296 g/mol. The van der Waals surface area contributed by atoms with E-state index in [1.165, 1.54) is 31.6 Å². The number of halogens is 1. The van der Waals surface area contributed by atoms with E-state index in [0.29, 0.717) is 6.04 Å². The SMILES string of the molecule is CC(C)N1CCC[C@H](Cc2cccc(Br)n2)C1. The normalized spacial score (nSPS) is 22.0. The number of aromatic nitrogens is 1. The standard InChI is InChI=1S/C14H21BrN2/c1-11(2)17-8-4-5-12(10-17)9-13-6-3-7-14(15)16-13/h3,6-7,11-12H,4-5,8-10H2,1-2H3/t12-/m1/s1. The molecule has 0 aromatic carbocycles. The van der Waals surface area contributed by atoms with Crippen LogP contribution < -0.4 is 0 Å². The van der Waals surface area contributed by atoms with Crippen LogP contribution in [0.1, 0.15) is 32.4 Å². The van der Waals surface area contributed by atoms with Crippen LogP contribution in [0, 0.1) is 5.92 Å². The van der Waals surface area contributed by atoms with Gasteiger partial charge in [-0.05, 0) is 73.6 Å². The number of nitrogens with zero attached hydrogens (tertiary/aromatic N) is 2. The van der Waals surface area contributed by atoms with Crippen LogP contribution in [-0.4, -0.2) is 29.0 Å². The molecular formula is C14H21BrN2. The molecule has 1 saturated heterocycles. The smallest absolute Gasteiger partial charge is 0.106 e. The molecule has 0 saturated carbocycles. The molecule has 0 spiro atoms. The maximum atomic E-state index is 4.54. The number of likely N-dealkylation sites (tertiary alicyclic amines) is 1. The third-order valence-corrected chi connectivity index (χ3v) is 3.99. The van der Waals surface area contributed by atoms with Gasteiger partial charge in [0.1, 0.15) is 4.60 Å². The van der Waals surface area contributed by atoms with Crippen molar-refractivity contribution in [2.24, 2.45) is 5.92 Å². The van der Waals surface area contributed by atoms with Gasteiger partial charge in [0.05, 0.1) is 0 Å². The number of rotatable bonds is 3. The Balaban J connectivity index is 1.94. The number of hydrogen-bond acceptors (Lipinski definition) is 2. The first-order chi connectivity index (χ1) is 8.15. The molecule has 1 atom stereocenters. The molecule has 0 unspecified atom stereocenters. The minimum Gasteiger partial charge on any atom is -0.301 e. The molecule has 0 bridgehead atoms. The Labute approximate surface area is 113 Å². The van der Waals surface area contributed by atoms with Gasteiger partial charge < -0.3 is 4.90 Å². The number of hydrogen-bond donors (Lipinski definition) is 0. The highest BCUT2D eigenvalue weighted by Gasteiger charge is 2.22. The molecule has 1 aromatic heterocycles. The topological polar surface area (TPSA) is 16.1 Å². The minimum absolute atomic E-state index is 0.674. The summed E-state index contributed by atoms with van der Waals surface area (Å²) in [6, 6.07) is 6.88. The summed E-state index contributed by atoms with van der Waals surface area (Å²) in [5.74, 6) is 0.771. The van der Waals surface area contributed by atoms with Crippen molar-refractivity contribution in [2.45, 2.75) is 39.2 Å². The predicted molar refractivity (Wildman–Crippen MR) is 75.1 cm³/mol. The van der Waals surface area contributed by atoms with E-state index in [9.17, 15) is 0 Å². The van der Waals surface area contributed by atoms with Crippen LogP contribution in [0.5, 0.6) is 0 Å². The Morgan fingerprint density at radius 2 is 2.29 bits per heavy atom. The van der Waals surface area contributed by atoms with Crippen LogP contribution >= 0.6 is 15.9 Å². The van der Waals surface area contributed by atoms with Gasteiger partial charge in [0.2, 0.25) is 0 Å². The Bertz CT molecular complexity index is 365. The van der Waals surface area contributed by atoms with Crippen molar-refractivity contribution >= 4 is 15.9 Å². The molecule has 2 nitrogen and oxygen atoms in total. The first-order valence-electron chi connectivity index (χ1n) is 6.50. The maximum Gasteiger partial charge on any atom is 0.106 e. The van der Waals surface area contributed by atoms with E-state index < -0.39 is 0 Å². The zero-order valence-electron chi connectivity index (χ0n) is 10.7. The molecule has 0 amide bonds. The molecule has 0 radical (unpaired) electrons. The van der Waals surface area contributed by atoms with E-state index in [1.54, 1.807) is 0 Å². The Morgan fingerprint density at radius 3 is 3.00 bits per heavy atom. The van der Waals surface area contributed by atoms with Crippen molar-refractivity contribution in [3.63, 3.8) is 0 Å². The third-order valence-electron chi connectivity index (χ3n) is 3.55. The molecular weight excluding hydrogens is 276 g/mol. The number of pyridine rings is 1. The van der Waals surface area contributed by atoms with Gasteiger partial charge in [0.25, 0.3) is 0 Å². The summed E-state index contributed by atoms with van der Waals surface area (Å²) in [5, 5.41) is 0. The molecule has 2 rings (SSSR count). The molecule has 94 valence electrons. The molecule has 1 fully saturated rings. The second kappa shape index (κ2) is 5.96. The van der Waals surface area contributed by atoms with Gasteiger partial charge in [-0.1, -0.05) is 6.07 Å². The first kappa shape index (κ1) is 13.0. The molecule has 2 heterocycles. The summed E-state index contributed by atoms with van der Waals surface area (Å²) >= 11 is 3.44. The zero-order chi connectivity index (χ0) is 12.3. The zero-order valence-corrected chi connectivity index (χ0v) is 12.3. The fourth-order valence-corrected chi connectivity index (χ4v) is 2.97. The molecule has 1 aliphatic rings. The lowest BCUT2D eigenvalue weighted by Crippen LogP contribution is -2.40. The van der Waals surface area contributed by atoms with E-state index in [4.69, 9.17) is 0 Å². The van der Waals surface area contributed by atoms with Gasteiger partial charge in [-0.2, -0.15) is 0 Å². The van der Waals surface area contributed by atoms with E-state index in [2.05, 4.69) is 51.8 Å². The summed E-state index contributed by atoms with van der Waals surface area (Å²) < 4.78 is 0.950. The largest absolute Gasteiger partial charge is 0.301 e. The maximum absolute atomic E-state index is 4.54. The van der Waals surface area contributed by atoms with Crippen molar-refractivity contribution in [1.82, 2.24) is 9.88 Å².